The highest BCUT2D eigenvalue weighted by molar-refractivity contribution is 5.85. The van der Waals surface area contributed by atoms with Gasteiger partial charge in [0.15, 0.2) is 11.5 Å². The van der Waals surface area contributed by atoms with Crippen LogP contribution in [0.2, 0.25) is 0 Å². The van der Waals surface area contributed by atoms with Gasteiger partial charge in [0.1, 0.15) is 12.4 Å². The van der Waals surface area contributed by atoms with Crippen molar-refractivity contribution in [2.75, 3.05) is 27.2 Å². The van der Waals surface area contributed by atoms with E-state index in [1.807, 2.05) is 25.2 Å². The summed E-state index contributed by atoms with van der Waals surface area (Å²) in [6.45, 7) is 2.89. The molecule has 2 aromatic carbocycles. The van der Waals surface area contributed by atoms with Gasteiger partial charge < -0.3 is 20.1 Å². The summed E-state index contributed by atoms with van der Waals surface area (Å²) in [4.78, 5) is 0. The van der Waals surface area contributed by atoms with Gasteiger partial charge in [0.05, 0.1) is 7.11 Å². The maximum absolute atomic E-state index is 13.6. The lowest BCUT2D eigenvalue weighted by Gasteiger charge is -2.13. The molecule has 0 aliphatic carbocycles. The Morgan fingerprint density at radius 2 is 1.77 bits per heavy atom. The first-order valence-corrected chi connectivity index (χ1v) is 8.13. The van der Waals surface area contributed by atoms with Crippen LogP contribution >= 0.6 is 24.8 Å². The third-order valence-electron chi connectivity index (χ3n) is 3.68. The molecule has 0 aliphatic heterocycles. The lowest BCUT2D eigenvalue weighted by Crippen LogP contribution is -2.19. The Bertz CT molecular complexity index is 645. The molecule has 0 aliphatic rings. The molecule has 0 saturated carbocycles. The molecule has 0 amide bonds. The van der Waals surface area contributed by atoms with Crippen LogP contribution in [-0.4, -0.2) is 27.2 Å². The molecule has 2 rings (SSSR count). The van der Waals surface area contributed by atoms with Crippen molar-refractivity contribution in [3.63, 3.8) is 0 Å². The molecule has 0 aromatic heterocycles. The molecule has 2 N–H and O–H groups in total. The van der Waals surface area contributed by atoms with Crippen LogP contribution in [0.3, 0.4) is 0 Å². The predicted octanol–water partition coefficient (Wildman–Crippen LogP) is 3.96. The summed E-state index contributed by atoms with van der Waals surface area (Å²) in [6, 6.07) is 12.4. The Balaban J connectivity index is 0.00000312. The second-order valence-corrected chi connectivity index (χ2v) is 5.50. The lowest BCUT2D eigenvalue weighted by molar-refractivity contribution is 0.279. The average molecular weight is 405 g/mol. The van der Waals surface area contributed by atoms with Gasteiger partial charge in [-0.1, -0.05) is 24.3 Å². The normalized spacial score (nSPS) is 9.81. The van der Waals surface area contributed by atoms with Crippen LogP contribution in [0.1, 0.15) is 17.5 Å². The summed E-state index contributed by atoms with van der Waals surface area (Å²) in [5.41, 5.74) is 1.64. The van der Waals surface area contributed by atoms with Gasteiger partial charge in [-0.15, -0.1) is 24.8 Å². The summed E-state index contributed by atoms with van der Waals surface area (Å²) in [6.07, 6.45) is 1.08. The van der Waals surface area contributed by atoms with Crippen molar-refractivity contribution in [1.82, 2.24) is 10.6 Å². The molecule has 0 radical (unpaired) electrons. The van der Waals surface area contributed by atoms with E-state index in [-0.39, 0.29) is 37.2 Å². The molecule has 146 valence electrons. The fourth-order valence-corrected chi connectivity index (χ4v) is 2.34. The SMILES string of the molecule is CNCCCNCc1ccc(OCc2ccccc2F)c(OC)c1.Cl.Cl. The molecule has 0 spiro atoms. The van der Waals surface area contributed by atoms with Crippen molar-refractivity contribution in [2.45, 2.75) is 19.6 Å². The second-order valence-electron chi connectivity index (χ2n) is 5.50. The number of ether oxygens (including phenoxy) is 2. The first-order chi connectivity index (χ1) is 11.7. The summed E-state index contributed by atoms with van der Waals surface area (Å²) in [5.74, 6) is 0.999. The Morgan fingerprint density at radius 3 is 2.46 bits per heavy atom. The van der Waals surface area contributed by atoms with Gasteiger partial charge in [-0.3, -0.25) is 0 Å². The van der Waals surface area contributed by atoms with Crippen molar-refractivity contribution in [3.05, 3.63) is 59.4 Å². The van der Waals surface area contributed by atoms with Crippen LogP contribution in [0, 0.1) is 5.82 Å². The number of hydrogen-bond acceptors (Lipinski definition) is 4. The Morgan fingerprint density at radius 1 is 1.00 bits per heavy atom. The van der Waals surface area contributed by atoms with Crippen molar-refractivity contribution in [3.8, 4) is 11.5 Å². The highest BCUT2D eigenvalue weighted by Gasteiger charge is 2.08. The highest BCUT2D eigenvalue weighted by Crippen LogP contribution is 2.29. The quantitative estimate of drug-likeness (QED) is 0.588. The third-order valence-corrected chi connectivity index (χ3v) is 3.68. The third kappa shape index (κ3) is 7.79. The largest absolute Gasteiger partial charge is 0.493 e. The maximum Gasteiger partial charge on any atom is 0.161 e. The number of hydrogen-bond donors (Lipinski definition) is 2. The lowest BCUT2D eigenvalue weighted by atomic mass is 10.2. The number of benzene rings is 2. The number of rotatable bonds is 10. The summed E-state index contributed by atoms with van der Waals surface area (Å²) in [5, 5.41) is 6.51. The second kappa shape index (κ2) is 13.6. The molecule has 0 bridgehead atoms. The van der Waals surface area contributed by atoms with Gasteiger partial charge in [0.2, 0.25) is 0 Å². The summed E-state index contributed by atoms with van der Waals surface area (Å²) < 4.78 is 24.7. The topological polar surface area (TPSA) is 42.5 Å². The Kier molecular flexibility index (Phi) is 12.8. The van der Waals surface area contributed by atoms with Crippen molar-refractivity contribution < 1.29 is 13.9 Å². The van der Waals surface area contributed by atoms with E-state index >= 15 is 0 Å². The van der Waals surface area contributed by atoms with Crippen molar-refractivity contribution in [1.29, 1.82) is 0 Å². The average Bonchev–Trinajstić information content (AvgIpc) is 2.61. The molecule has 0 heterocycles. The number of halogens is 3. The van der Waals surface area contributed by atoms with Gasteiger partial charge in [0.25, 0.3) is 0 Å². The molecule has 0 saturated heterocycles. The zero-order valence-electron chi connectivity index (χ0n) is 15.1. The van der Waals surface area contributed by atoms with Crippen LogP contribution in [0.5, 0.6) is 11.5 Å². The smallest absolute Gasteiger partial charge is 0.161 e. The van der Waals surface area contributed by atoms with Crippen LogP contribution in [-0.2, 0) is 13.2 Å². The molecule has 26 heavy (non-hydrogen) atoms. The number of methoxy groups -OCH3 is 1. The zero-order valence-corrected chi connectivity index (χ0v) is 16.7. The van der Waals surface area contributed by atoms with Crippen molar-refractivity contribution in [2.24, 2.45) is 0 Å². The molecule has 0 atom stereocenters. The first-order valence-electron chi connectivity index (χ1n) is 8.13. The molecular formula is C19H27Cl2FN2O2. The van der Waals surface area contributed by atoms with Crippen LogP contribution < -0.4 is 20.1 Å². The molecule has 0 unspecified atom stereocenters. The van der Waals surface area contributed by atoms with Gasteiger partial charge in [-0.25, -0.2) is 4.39 Å². The summed E-state index contributed by atoms with van der Waals surface area (Å²) in [7, 11) is 3.56. The van der Waals surface area contributed by atoms with Gasteiger partial charge in [0, 0.05) is 12.1 Å². The molecular weight excluding hydrogens is 378 g/mol. The monoisotopic (exact) mass is 404 g/mol. The van der Waals surface area contributed by atoms with Gasteiger partial charge in [-0.2, -0.15) is 0 Å². The van der Waals surface area contributed by atoms with Gasteiger partial charge in [-0.05, 0) is 50.3 Å². The van der Waals surface area contributed by atoms with E-state index in [0.29, 0.717) is 17.1 Å². The van der Waals surface area contributed by atoms with Gasteiger partial charge >= 0.3 is 0 Å². The fourth-order valence-electron chi connectivity index (χ4n) is 2.34. The zero-order chi connectivity index (χ0) is 17.2. The minimum absolute atomic E-state index is 0. The molecule has 7 heteroatoms. The van der Waals surface area contributed by atoms with E-state index < -0.39 is 0 Å². The molecule has 2 aromatic rings. The standard InChI is InChI=1S/C19H25FN2O2.2ClH/c1-21-10-5-11-22-13-15-8-9-18(19(12-15)23-2)24-14-16-6-3-4-7-17(16)20;;/h3-4,6-9,12,21-22H,5,10-11,13-14H2,1-2H3;2*1H. The van der Waals surface area contributed by atoms with Crippen molar-refractivity contribution >= 4 is 24.8 Å². The number of nitrogens with one attached hydrogen (secondary N) is 2. The van der Waals surface area contributed by atoms with E-state index in [2.05, 4.69) is 10.6 Å². The van der Waals surface area contributed by atoms with Crippen LogP contribution in [0.15, 0.2) is 42.5 Å². The Labute approximate surface area is 167 Å². The van der Waals surface area contributed by atoms with Crippen LogP contribution in [0.25, 0.3) is 0 Å². The van der Waals surface area contributed by atoms with Crippen LogP contribution in [0.4, 0.5) is 4.39 Å². The molecule has 4 nitrogen and oxygen atoms in total. The minimum Gasteiger partial charge on any atom is -0.493 e. The summed E-state index contributed by atoms with van der Waals surface area (Å²) >= 11 is 0. The van der Waals surface area contributed by atoms with E-state index in [9.17, 15) is 4.39 Å². The fraction of sp³-hybridized carbons (Fsp3) is 0.368. The molecule has 0 fully saturated rings. The Hall–Kier alpha value is -1.53. The minimum atomic E-state index is -0.265. The maximum atomic E-state index is 13.6. The highest BCUT2D eigenvalue weighted by atomic mass is 35.5. The predicted molar refractivity (Wildman–Crippen MR) is 108 cm³/mol. The van der Waals surface area contributed by atoms with E-state index in [1.165, 1.54) is 6.07 Å². The van der Waals surface area contributed by atoms with E-state index in [4.69, 9.17) is 9.47 Å². The first kappa shape index (κ1) is 24.5. The van der Waals surface area contributed by atoms with E-state index in [1.54, 1.807) is 25.3 Å². The van der Waals surface area contributed by atoms with E-state index in [0.717, 1.165) is 31.6 Å².